The second kappa shape index (κ2) is 14.1. The van der Waals surface area contributed by atoms with Crippen molar-refractivity contribution in [3.8, 4) is 39.1 Å². The maximum absolute atomic E-state index is 6.50. The van der Waals surface area contributed by atoms with Crippen molar-refractivity contribution in [2.75, 3.05) is 4.90 Å². The quantitative estimate of drug-likeness (QED) is 0.166. The minimum atomic E-state index is -0.133. The summed E-state index contributed by atoms with van der Waals surface area (Å²) in [5.74, 6) is 0. The van der Waals surface area contributed by atoms with Gasteiger partial charge in [-0.3, -0.25) is 0 Å². The smallest absolute Gasteiger partial charge is 0.143 e. The van der Waals surface area contributed by atoms with E-state index < -0.39 is 0 Å². The van der Waals surface area contributed by atoms with Gasteiger partial charge in [-0.15, -0.1) is 0 Å². The zero-order valence-corrected chi connectivity index (χ0v) is 38.1. The van der Waals surface area contributed by atoms with Gasteiger partial charge in [-0.25, -0.2) is 0 Å². The van der Waals surface area contributed by atoms with Crippen LogP contribution in [0, 0.1) is 0 Å². The van der Waals surface area contributed by atoms with Gasteiger partial charge in [-0.05, 0) is 106 Å². The number of hydrogen-bond donors (Lipinski definition) is 0. The van der Waals surface area contributed by atoms with Crippen LogP contribution in [0.1, 0.15) is 25.0 Å². The van der Waals surface area contributed by atoms with Crippen molar-refractivity contribution in [1.29, 1.82) is 0 Å². The minimum absolute atomic E-state index is 0.133. The van der Waals surface area contributed by atoms with Crippen LogP contribution < -0.4 is 4.90 Å². The Labute approximate surface area is 398 Å². The molecule has 0 atom stereocenters. The van der Waals surface area contributed by atoms with E-state index in [1.54, 1.807) is 0 Å². The number of hydrogen-bond acceptors (Lipinski definition) is 2. The predicted molar refractivity (Wildman–Crippen MR) is 288 cm³/mol. The van der Waals surface area contributed by atoms with Crippen molar-refractivity contribution in [3.05, 3.63) is 236 Å². The Morgan fingerprint density at radius 1 is 0.420 bits per heavy atom. The van der Waals surface area contributed by atoms with Gasteiger partial charge in [0.15, 0.2) is 0 Å². The van der Waals surface area contributed by atoms with Crippen LogP contribution in [0.3, 0.4) is 0 Å². The van der Waals surface area contributed by atoms with Gasteiger partial charge in [-0.2, -0.15) is 0 Å². The van der Waals surface area contributed by atoms with Gasteiger partial charge < -0.3 is 18.3 Å². The summed E-state index contributed by atoms with van der Waals surface area (Å²) in [7, 11) is 0. The molecule has 324 valence electrons. The van der Waals surface area contributed by atoms with Crippen LogP contribution in [0.15, 0.2) is 229 Å². The molecule has 0 bridgehead atoms. The fourth-order valence-corrected chi connectivity index (χ4v) is 12.1. The lowest BCUT2D eigenvalue weighted by molar-refractivity contribution is 0.660. The molecule has 0 unspecified atom stereocenters. The minimum Gasteiger partial charge on any atom is -0.455 e. The van der Waals surface area contributed by atoms with Crippen LogP contribution in [0.25, 0.3) is 110 Å². The van der Waals surface area contributed by atoms with E-state index in [0.29, 0.717) is 0 Å². The predicted octanol–water partition coefficient (Wildman–Crippen LogP) is 17.8. The normalized spacial score (nSPS) is 13.2. The van der Waals surface area contributed by atoms with Crippen molar-refractivity contribution in [2.24, 2.45) is 0 Å². The van der Waals surface area contributed by atoms with Gasteiger partial charge in [0.05, 0.1) is 33.3 Å². The summed E-state index contributed by atoms with van der Waals surface area (Å²) < 4.78 is 11.5. The van der Waals surface area contributed by atoms with Crippen molar-refractivity contribution < 1.29 is 4.42 Å². The summed E-state index contributed by atoms with van der Waals surface area (Å²) in [6, 6.07) is 82.2. The molecule has 14 aromatic rings. The molecule has 15 rings (SSSR count). The van der Waals surface area contributed by atoms with Crippen LogP contribution in [-0.2, 0) is 5.41 Å². The van der Waals surface area contributed by atoms with E-state index in [4.69, 9.17) is 4.42 Å². The fraction of sp³-hybridized carbons (Fsp3) is 0.0462. The Balaban J connectivity index is 0.895. The number of furan rings is 1. The molecule has 0 spiro atoms. The lowest BCUT2D eigenvalue weighted by Crippen LogP contribution is -2.16. The number of rotatable bonds is 6. The first-order valence-electron chi connectivity index (χ1n) is 23.9. The average molecular weight is 882 g/mol. The Hall–Kier alpha value is -8.86. The number of pyridine rings is 1. The molecule has 5 heterocycles. The van der Waals surface area contributed by atoms with E-state index >= 15 is 0 Å². The maximum Gasteiger partial charge on any atom is 0.143 e. The van der Waals surface area contributed by atoms with Gasteiger partial charge in [0.25, 0.3) is 0 Å². The molecular weight excluding hydrogens is 839 g/mol. The molecule has 0 radical (unpaired) electrons. The van der Waals surface area contributed by atoms with E-state index in [2.05, 4.69) is 246 Å². The van der Waals surface area contributed by atoms with Gasteiger partial charge in [0.1, 0.15) is 11.2 Å². The molecule has 5 aromatic heterocycles. The zero-order valence-electron chi connectivity index (χ0n) is 38.1. The second-order valence-corrected chi connectivity index (χ2v) is 19.2. The molecule has 1 aliphatic rings. The third kappa shape index (κ3) is 5.29. The topological polar surface area (TPSA) is 25.7 Å². The summed E-state index contributed by atoms with van der Waals surface area (Å²) in [5, 5.41) is 7.36. The van der Waals surface area contributed by atoms with Gasteiger partial charge >= 0.3 is 0 Å². The lowest BCUT2D eigenvalue weighted by Gasteiger charge is -2.29. The fourth-order valence-electron chi connectivity index (χ4n) is 12.1. The Bertz CT molecular complexity index is 4380. The van der Waals surface area contributed by atoms with Crippen LogP contribution in [0.2, 0.25) is 0 Å². The number of fused-ring (bicyclic) bond motifs is 14. The molecule has 0 amide bonds. The first kappa shape index (κ1) is 38.3. The largest absolute Gasteiger partial charge is 0.455 e. The van der Waals surface area contributed by atoms with Gasteiger partial charge in [-0.1, -0.05) is 166 Å². The van der Waals surface area contributed by atoms with Gasteiger partial charge in [0.2, 0.25) is 0 Å². The standard InChI is InChI=1S/C65H43N3O/c1-65(2)53-23-10-8-20-51(53)60-54(65)24-13-26-57(60)66(45-36-31-41(32-37-45)46-21-12-22-50-48-18-9-11-28-59(48)69-64(46)50)44-34-29-40(30-35-44)42-33-38-56-52(39-42)61-58-27-14-25-55-47-17-6-7-19-49(47)62(68(55)58)63(61)67(56)43-15-4-3-5-16-43/h3-39H,1-2H3. The zero-order chi connectivity index (χ0) is 45.5. The highest BCUT2D eigenvalue weighted by molar-refractivity contribution is 6.29. The lowest BCUT2D eigenvalue weighted by atomic mass is 9.82. The molecule has 0 saturated carbocycles. The van der Waals surface area contributed by atoms with Crippen LogP contribution in [-0.4, -0.2) is 8.97 Å². The number of para-hydroxylation sites is 3. The highest BCUT2D eigenvalue weighted by Crippen LogP contribution is 2.54. The molecule has 0 fully saturated rings. The van der Waals surface area contributed by atoms with Crippen LogP contribution in [0.4, 0.5) is 17.1 Å². The molecule has 1 aliphatic carbocycles. The highest BCUT2D eigenvalue weighted by atomic mass is 16.3. The molecule has 69 heavy (non-hydrogen) atoms. The first-order valence-corrected chi connectivity index (χ1v) is 23.9. The average Bonchev–Trinajstić information content (AvgIpc) is 4.19. The maximum atomic E-state index is 6.50. The van der Waals surface area contributed by atoms with E-state index in [0.717, 1.165) is 55.8 Å². The molecule has 0 saturated heterocycles. The molecule has 0 aliphatic heterocycles. The first-order chi connectivity index (χ1) is 34.0. The number of anilines is 3. The van der Waals surface area contributed by atoms with Crippen LogP contribution >= 0.6 is 0 Å². The van der Waals surface area contributed by atoms with E-state index in [1.807, 2.05) is 6.07 Å². The van der Waals surface area contributed by atoms with Crippen molar-refractivity contribution >= 4 is 88.1 Å². The van der Waals surface area contributed by atoms with E-state index in [9.17, 15) is 0 Å². The van der Waals surface area contributed by atoms with E-state index in [-0.39, 0.29) is 5.41 Å². The van der Waals surface area contributed by atoms with Crippen LogP contribution in [0.5, 0.6) is 0 Å². The van der Waals surface area contributed by atoms with Crippen molar-refractivity contribution in [3.63, 3.8) is 0 Å². The Kier molecular flexibility index (Phi) is 7.81. The summed E-state index contributed by atoms with van der Waals surface area (Å²) in [6.45, 7) is 4.71. The molecule has 4 nitrogen and oxygen atoms in total. The third-order valence-electron chi connectivity index (χ3n) is 15.3. The van der Waals surface area contributed by atoms with Crippen molar-refractivity contribution in [2.45, 2.75) is 19.3 Å². The number of nitrogens with zero attached hydrogens (tertiary/aromatic N) is 3. The Morgan fingerprint density at radius 2 is 1.04 bits per heavy atom. The third-order valence-corrected chi connectivity index (χ3v) is 15.3. The molecule has 0 N–H and O–H groups in total. The molecule has 9 aromatic carbocycles. The second-order valence-electron chi connectivity index (χ2n) is 19.2. The van der Waals surface area contributed by atoms with E-state index in [1.165, 1.54) is 82.5 Å². The molecular formula is C65H43N3O. The van der Waals surface area contributed by atoms with Crippen molar-refractivity contribution in [1.82, 2.24) is 8.97 Å². The summed E-state index contributed by atoms with van der Waals surface area (Å²) in [6.07, 6.45) is 0. The number of aromatic nitrogens is 2. The van der Waals surface area contributed by atoms with Gasteiger partial charge in [0, 0.05) is 65.9 Å². The summed E-state index contributed by atoms with van der Waals surface area (Å²) in [5.41, 5.74) is 22.2. The highest BCUT2D eigenvalue weighted by Gasteiger charge is 2.38. The monoisotopic (exact) mass is 881 g/mol. The summed E-state index contributed by atoms with van der Waals surface area (Å²) >= 11 is 0. The Morgan fingerprint density at radius 3 is 1.87 bits per heavy atom. The number of benzene rings is 9. The SMILES string of the molecule is CC1(C)c2ccccc2-c2c(N(c3ccc(-c4ccc5c(c4)c4c(c6c7ccccc7c7cccc4n76)n5-c4ccccc4)cc3)c3ccc(-c4cccc5c4oc4ccccc45)cc3)cccc21. The summed E-state index contributed by atoms with van der Waals surface area (Å²) in [4.78, 5) is 2.45. The molecule has 4 heteroatoms.